The van der Waals surface area contributed by atoms with Gasteiger partial charge in [0.1, 0.15) is 17.4 Å². The Labute approximate surface area is 495 Å². The number of phosphoric ester groups is 1. The number of imidazole rings is 1. The lowest BCUT2D eigenvalue weighted by Gasteiger charge is -2.21. The molecule has 0 saturated heterocycles. The normalized spacial score (nSPS) is 13.4. The summed E-state index contributed by atoms with van der Waals surface area (Å²) in [5.41, 5.74) is 8.49. The molecule has 18 heteroatoms. The molecule has 0 radical (unpaired) electrons. The predicted octanol–water partition coefficient (Wildman–Crippen LogP) is 15.0. The van der Waals surface area contributed by atoms with Gasteiger partial charge in [0.25, 0.3) is 0 Å². The third-order valence-electron chi connectivity index (χ3n) is 14.7. The average molecular weight is 1180 g/mol. The molecule has 2 unspecified atom stereocenters. The van der Waals surface area contributed by atoms with E-state index in [1.807, 2.05) is 28.8 Å². The molecule has 0 aliphatic rings. The molecular weight excluding hydrogens is 1060 g/mol. The van der Waals surface area contributed by atoms with Crippen LogP contribution in [0.2, 0.25) is 0 Å². The number of nitrogen functional groups attached to an aromatic ring is 1. The van der Waals surface area contributed by atoms with Crippen LogP contribution in [0.4, 0.5) is 5.82 Å². The van der Waals surface area contributed by atoms with E-state index in [4.69, 9.17) is 57.7 Å². The number of aryl methyl sites for hydroxylation is 1. The van der Waals surface area contributed by atoms with Crippen LogP contribution in [0, 0.1) is 0 Å². The van der Waals surface area contributed by atoms with Crippen molar-refractivity contribution in [2.75, 3.05) is 105 Å². The first-order valence-electron chi connectivity index (χ1n) is 32.6. The van der Waals surface area contributed by atoms with Gasteiger partial charge in [-0.1, -0.05) is 206 Å². The SMILES string of the molecule is CCCCCCCCCCCCCCCC(=O)O[C@@H](COCCOCCOCCOCCOCCOCCOP(=O)(O)OCCn1c(CCCC)nc2c(N)nc3ccccc3c21)COC(C)CCCCCCCCCCCCCCC. The molecule has 2 aromatic heterocycles. The van der Waals surface area contributed by atoms with Gasteiger partial charge in [0.15, 0.2) is 5.82 Å². The highest BCUT2D eigenvalue weighted by Gasteiger charge is 2.23. The van der Waals surface area contributed by atoms with Gasteiger partial charge in [0.05, 0.1) is 116 Å². The second-order valence-electron chi connectivity index (χ2n) is 22.0. The Kier molecular flexibility index (Phi) is 45.1. The molecule has 3 aromatic rings. The number of nitrogens with two attached hydrogens (primary N) is 1. The molecule has 1 aromatic carbocycles. The molecule has 0 amide bonds. The lowest BCUT2D eigenvalue weighted by molar-refractivity contribution is -0.158. The number of unbranched alkanes of at least 4 members (excludes halogenated alkanes) is 25. The topological polar surface area (TPSA) is 203 Å². The number of hydrogen-bond donors (Lipinski definition) is 2. The van der Waals surface area contributed by atoms with Crippen LogP contribution >= 0.6 is 7.82 Å². The van der Waals surface area contributed by atoms with Gasteiger partial charge in [-0.05, 0) is 32.3 Å². The number of rotatable bonds is 60. The standard InChI is InChI=1S/C64H115N4O13P/c1-5-8-11-13-15-17-19-21-23-25-27-29-31-35-56(4)78-55-57(81-61(69)39-32-30-28-26-24-22-20-18-16-14-12-9-6-2)54-77-51-50-75-47-46-73-43-42-72-44-45-74-48-49-76-52-53-80-82(70,71)79-41-40-68-60(38-10-7-3)67-62-63(68)58-36-33-34-37-59(58)66-64(62)65/h33-34,36-37,56-57H,5-32,35,38-55H2,1-4H3,(H2,65,66)(H,70,71)/t56?,57-/m0/s1. The van der Waals surface area contributed by atoms with Crippen molar-refractivity contribution in [1.29, 1.82) is 0 Å². The number of benzene rings is 1. The van der Waals surface area contributed by atoms with Gasteiger partial charge in [-0.15, -0.1) is 0 Å². The van der Waals surface area contributed by atoms with Gasteiger partial charge in [-0.3, -0.25) is 13.8 Å². The molecule has 82 heavy (non-hydrogen) atoms. The second-order valence-corrected chi connectivity index (χ2v) is 23.5. The summed E-state index contributed by atoms with van der Waals surface area (Å²) in [6.07, 6.45) is 37.6. The molecule has 17 nitrogen and oxygen atoms in total. The van der Waals surface area contributed by atoms with Crippen molar-refractivity contribution in [2.24, 2.45) is 0 Å². The zero-order valence-electron chi connectivity index (χ0n) is 51.9. The molecular formula is C64H115N4O13P. The van der Waals surface area contributed by atoms with E-state index < -0.39 is 13.9 Å². The van der Waals surface area contributed by atoms with E-state index in [1.165, 1.54) is 148 Å². The fourth-order valence-electron chi connectivity index (χ4n) is 9.93. The first-order chi connectivity index (χ1) is 40.2. The number of hydrogen-bond acceptors (Lipinski definition) is 15. The van der Waals surface area contributed by atoms with Crippen LogP contribution in [-0.4, -0.2) is 137 Å². The minimum absolute atomic E-state index is 0.0682. The van der Waals surface area contributed by atoms with Crippen molar-refractivity contribution in [2.45, 2.75) is 245 Å². The number of pyridine rings is 1. The number of aromatic nitrogens is 3. The summed E-state index contributed by atoms with van der Waals surface area (Å²) in [7, 11) is -4.32. The Morgan fingerprint density at radius 2 is 0.988 bits per heavy atom. The summed E-state index contributed by atoms with van der Waals surface area (Å²) in [6.45, 7) is 13.5. The summed E-state index contributed by atoms with van der Waals surface area (Å²) >= 11 is 0. The van der Waals surface area contributed by atoms with Gasteiger partial charge in [-0.25, -0.2) is 14.5 Å². The predicted molar refractivity (Wildman–Crippen MR) is 331 cm³/mol. The average Bonchev–Trinajstić information content (AvgIpc) is 2.85. The van der Waals surface area contributed by atoms with E-state index in [0.717, 1.165) is 67.2 Å². The molecule has 0 aliphatic carbocycles. The highest BCUT2D eigenvalue weighted by molar-refractivity contribution is 7.47. The van der Waals surface area contributed by atoms with Crippen molar-refractivity contribution in [3.05, 3.63) is 30.1 Å². The molecule has 0 fully saturated rings. The monoisotopic (exact) mass is 1180 g/mol. The number of fused-ring (bicyclic) bond motifs is 3. The number of ether oxygens (including phenoxy) is 8. The zero-order valence-corrected chi connectivity index (χ0v) is 52.8. The maximum Gasteiger partial charge on any atom is 0.472 e. The van der Waals surface area contributed by atoms with Crippen LogP contribution in [0.3, 0.4) is 0 Å². The first-order valence-corrected chi connectivity index (χ1v) is 34.1. The maximum absolute atomic E-state index is 12.9. The van der Waals surface area contributed by atoms with Crippen LogP contribution in [0.5, 0.6) is 0 Å². The molecule has 0 bridgehead atoms. The summed E-state index contributed by atoms with van der Waals surface area (Å²) in [5.74, 6) is 0.996. The quantitative estimate of drug-likeness (QED) is 0.0306. The molecule has 474 valence electrons. The zero-order chi connectivity index (χ0) is 58.8. The van der Waals surface area contributed by atoms with Gasteiger partial charge in [-0.2, -0.15) is 0 Å². The minimum Gasteiger partial charge on any atom is -0.457 e. The van der Waals surface area contributed by atoms with Crippen LogP contribution in [-0.2, 0) is 69.3 Å². The Hall–Kier alpha value is -2.80. The van der Waals surface area contributed by atoms with E-state index in [2.05, 4.69) is 32.7 Å². The van der Waals surface area contributed by atoms with Crippen LogP contribution < -0.4 is 5.73 Å². The molecule has 0 saturated carbocycles. The molecule has 0 spiro atoms. The molecule has 0 aliphatic heterocycles. The van der Waals surface area contributed by atoms with Crippen molar-refractivity contribution in [1.82, 2.24) is 14.5 Å². The highest BCUT2D eigenvalue weighted by Crippen LogP contribution is 2.43. The van der Waals surface area contributed by atoms with Gasteiger partial charge >= 0.3 is 13.8 Å². The Balaban J connectivity index is 1.17. The highest BCUT2D eigenvalue weighted by atomic mass is 31.2. The fourth-order valence-corrected chi connectivity index (χ4v) is 10.6. The number of carbonyl (C=O) groups excluding carboxylic acids is 1. The Bertz CT molecular complexity index is 2030. The van der Waals surface area contributed by atoms with Gasteiger partial charge in [0, 0.05) is 24.8 Å². The third kappa shape index (κ3) is 36.9. The minimum atomic E-state index is -4.32. The second kappa shape index (κ2) is 50.4. The van der Waals surface area contributed by atoms with Gasteiger partial charge < -0.3 is 53.1 Å². The number of para-hydroxylation sites is 1. The molecule has 2 heterocycles. The van der Waals surface area contributed by atoms with E-state index >= 15 is 0 Å². The maximum atomic E-state index is 12.9. The van der Waals surface area contributed by atoms with Gasteiger partial charge in [0.2, 0.25) is 0 Å². The first kappa shape index (κ1) is 73.5. The number of phosphoric acid groups is 1. The fraction of sp³-hybridized carbons (Fsp3) is 0.828. The van der Waals surface area contributed by atoms with Crippen molar-refractivity contribution in [3.63, 3.8) is 0 Å². The number of carbonyl (C=O) groups is 1. The summed E-state index contributed by atoms with van der Waals surface area (Å²) in [5, 5.41) is 0.902. The van der Waals surface area contributed by atoms with Crippen molar-refractivity contribution < 1.29 is 61.2 Å². The van der Waals surface area contributed by atoms with E-state index in [9.17, 15) is 14.3 Å². The van der Waals surface area contributed by atoms with Crippen LogP contribution in [0.1, 0.15) is 226 Å². The Morgan fingerprint density at radius 1 is 0.549 bits per heavy atom. The number of esters is 1. The third-order valence-corrected chi connectivity index (χ3v) is 15.7. The van der Waals surface area contributed by atoms with Crippen LogP contribution in [0.25, 0.3) is 21.9 Å². The molecule has 3 atom stereocenters. The van der Waals surface area contributed by atoms with E-state index in [-0.39, 0.29) is 51.7 Å². The number of anilines is 1. The lowest BCUT2D eigenvalue weighted by atomic mass is 10.0. The summed E-state index contributed by atoms with van der Waals surface area (Å²) in [4.78, 5) is 32.6. The van der Waals surface area contributed by atoms with E-state index in [1.54, 1.807) is 0 Å². The number of nitrogens with zero attached hydrogens (tertiary/aromatic N) is 3. The van der Waals surface area contributed by atoms with E-state index in [0.29, 0.717) is 83.8 Å². The smallest absolute Gasteiger partial charge is 0.457 e. The summed E-state index contributed by atoms with van der Waals surface area (Å²) < 4.78 is 71.2. The molecule has 3 N–H and O–H groups in total. The van der Waals surface area contributed by atoms with Crippen molar-refractivity contribution >= 4 is 41.5 Å². The van der Waals surface area contributed by atoms with Crippen LogP contribution in [0.15, 0.2) is 24.3 Å². The lowest BCUT2D eigenvalue weighted by Crippen LogP contribution is -2.30. The molecule has 3 rings (SSSR count). The van der Waals surface area contributed by atoms with Crippen molar-refractivity contribution in [3.8, 4) is 0 Å². The summed E-state index contributed by atoms with van der Waals surface area (Å²) in [6, 6.07) is 7.71. The Morgan fingerprint density at radius 3 is 1.50 bits per heavy atom. The largest absolute Gasteiger partial charge is 0.472 e.